The molecule has 0 aromatic heterocycles. The maximum atomic E-state index is 11.2. The van der Waals surface area contributed by atoms with Gasteiger partial charge in [0, 0.05) is 5.92 Å². The third-order valence-electron chi connectivity index (χ3n) is 8.02. The van der Waals surface area contributed by atoms with Gasteiger partial charge in [0.05, 0.1) is 6.42 Å². The quantitative estimate of drug-likeness (QED) is 0.201. The number of ether oxygens (including phenoxy) is 1. The van der Waals surface area contributed by atoms with E-state index in [1.165, 1.54) is 56.9 Å². The fourth-order valence-electron chi connectivity index (χ4n) is 5.11. The molecule has 4 atom stereocenters. The first-order valence-corrected chi connectivity index (χ1v) is 14.0. The van der Waals surface area contributed by atoms with Crippen molar-refractivity contribution in [3.05, 3.63) is 34.6 Å². The van der Waals surface area contributed by atoms with Crippen molar-refractivity contribution in [1.29, 1.82) is 0 Å². The molecule has 0 aliphatic heterocycles. The van der Waals surface area contributed by atoms with Gasteiger partial charge in [-0.25, -0.2) is 0 Å². The summed E-state index contributed by atoms with van der Waals surface area (Å²) in [4.78, 5) is 11.2. The van der Waals surface area contributed by atoms with Crippen LogP contribution < -0.4 is 0 Å². The second-order valence-electron chi connectivity index (χ2n) is 11.8. The Kier molecular flexibility index (Phi) is 14.0. The molecule has 2 N–H and O–H groups in total. The summed E-state index contributed by atoms with van der Waals surface area (Å²) < 4.78 is 6.02. The Balaban J connectivity index is 2.34. The first-order chi connectivity index (χ1) is 16.4. The SMILES string of the molecule is CC1=CC(OC/C=C(\C)CCC[C@H](C)CCC[C@H](C)CCCC(C)C)=C(C)C(C)C1(O)CC(=O)O. The highest BCUT2D eigenvalue weighted by Gasteiger charge is 2.42. The Morgan fingerprint density at radius 1 is 1.03 bits per heavy atom. The molecule has 4 nitrogen and oxygen atoms in total. The van der Waals surface area contributed by atoms with E-state index in [2.05, 4.69) is 40.7 Å². The Bertz CT molecular complexity index is 745. The number of carboxylic acid groups (broad SMARTS) is 1. The molecule has 0 aromatic carbocycles. The summed E-state index contributed by atoms with van der Waals surface area (Å²) in [5.41, 5.74) is 1.54. The van der Waals surface area contributed by atoms with Crippen molar-refractivity contribution >= 4 is 5.97 Å². The predicted molar refractivity (Wildman–Crippen MR) is 147 cm³/mol. The van der Waals surface area contributed by atoms with Crippen molar-refractivity contribution in [2.45, 2.75) is 125 Å². The predicted octanol–water partition coefficient (Wildman–Crippen LogP) is 8.46. The van der Waals surface area contributed by atoms with E-state index in [0.717, 1.165) is 35.5 Å². The van der Waals surface area contributed by atoms with Crippen LogP contribution in [-0.4, -0.2) is 28.4 Å². The van der Waals surface area contributed by atoms with Gasteiger partial charge in [-0.15, -0.1) is 0 Å². The van der Waals surface area contributed by atoms with Crippen LogP contribution in [0.3, 0.4) is 0 Å². The summed E-state index contributed by atoms with van der Waals surface area (Å²) in [7, 11) is 0. The highest BCUT2D eigenvalue weighted by atomic mass is 16.5. The van der Waals surface area contributed by atoms with Crippen LogP contribution in [0, 0.1) is 23.7 Å². The number of carboxylic acids is 1. The van der Waals surface area contributed by atoms with Crippen molar-refractivity contribution in [1.82, 2.24) is 0 Å². The van der Waals surface area contributed by atoms with Gasteiger partial charge in [-0.2, -0.15) is 0 Å². The van der Waals surface area contributed by atoms with Gasteiger partial charge in [0.2, 0.25) is 0 Å². The minimum atomic E-state index is -1.35. The fourth-order valence-corrected chi connectivity index (χ4v) is 5.11. The average Bonchev–Trinajstić information content (AvgIpc) is 2.75. The number of hydrogen-bond donors (Lipinski definition) is 2. The maximum absolute atomic E-state index is 11.2. The second kappa shape index (κ2) is 15.5. The minimum Gasteiger partial charge on any atom is -0.490 e. The third kappa shape index (κ3) is 11.4. The smallest absolute Gasteiger partial charge is 0.306 e. The van der Waals surface area contributed by atoms with Crippen LogP contribution in [0.2, 0.25) is 0 Å². The lowest BCUT2D eigenvalue weighted by molar-refractivity contribution is -0.142. The first-order valence-electron chi connectivity index (χ1n) is 14.0. The van der Waals surface area contributed by atoms with E-state index >= 15 is 0 Å². The number of aliphatic carboxylic acids is 1. The standard InChI is InChI=1S/C31H54O4/c1-22(2)12-9-13-23(3)14-10-15-24(4)16-11-17-25(5)18-19-35-29-20-26(6)31(34,21-30(32)33)28(8)27(29)7/h18,20,22-24,28,34H,9-17,19,21H2,1-8H3,(H,32,33)/b25-18+/t23-,24-,28?,31?/m1/s1. The number of carbonyl (C=O) groups is 1. The molecule has 2 unspecified atom stereocenters. The molecule has 35 heavy (non-hydrogen) atoms. The molecule has 0 bridgehead atoms. The zero-order chi connectivity index (χ0) is 26.6. The molecule has 1 aliphatic carbocycles. The zero-order valence-corrected chi connectivity index (χ0v) is 24.0. The third-order valence-corrected chi connectivity index (χ3v) is 8.02. The normalized spacial score (nSPS) is 22.9. The van der Waals surface area contributed by atoms with Gasteiger partial charge < -0.3 is 14.9 Å². The Morgan fingerprint density at radius 2 is 1.57 bits per heavy atom. The molecule has 0 radical (unpaired) electrons. The van der Waals surface area contributed by atoms with E-state index in [1.54, 1.807) is 13.0 Å². The van der Waals surface area contributed by atoms with Crippen molar-refractivity contribution in [3.8, 4) is 0 Å². The summed E-state index contributed by atoms with van der Waals surface area (Å²) in [6.07, 6.45) is 15.4. The molecule has 202 valence electrons. The van der Waals surface area contributed by atoms with Crippen LogP contribution in [0.4, 0.5) is 0 Å². The highest BCUT2D eigenvalue weighted by Crippen LogP contribution is 2.40. The molecular weight excluding hydrogens is 436 g/mol. The molecule has 0 saturated carbocycles. The second-order valence-corrected chi connectivity index (χ2v) is 11.8. The van der Waals surface area contributed by atoms with E-state index in [0.29, 0.717) is 12.2 Å². The van der Waals surface area contributed by atoms with Crippen molar-refractivity contribution < 1.29 is 19.7 Å². The summed E-state index contributed by atoms with van der Waals surface area (Å²) in [5.74, 6) is 1.94. The van der Waals surface area contributed by atoms with Crippen molar-refractivity contribution in [3.63, 3.8) is 0 Å². The minimum absolute atomic E-state index is 0.296. The number of aliphatic hydroxyl groups is 1. The van der Waals surface area contributed by atoms with E-state index in [9.17, 15) is 15.0 Å². The van der Waals surface area contributed by atoms with Crippen LogP contribution in [0.25, 0.3) is 0 Å². The summed E-state index contributed by atoms with van der Waals surface area (Å²) in [6.45, 7) is 17.7. The number of rotatable bonds is 17. The largest absolute Gasteiger partial charge is 0.490 e. The number of allylic oxidation sites excluding steroid dienone is 2. The van der Waals surface area contributed by atoms with Gasteiger partial charge in [-0.3, -0.25) is 4.79 Å². The highest BCUT2D eigenvalue weighted by molar-refractivity contribution is 5.69. The molecule has 0 aromatic rings. The summed E-state index contributed by atoms with van der Waals surface area (Å²) in [6, 6.07) is 0. The van der Waals surface area contributed by atoms with Gasteiger partial charge in [-0.1, -0.05) is 85.1 Å². The monoisotopic (exact) mass is 490 g/mol. The lowest BCUT2D eigenvalue weighted by Crippen LogP contribution is -2.42. The lowest BCUT2D eigenvalue weighted by atomic mass is 9.73. The Morgan fingerprint density at radius 3 is 2.11 bits per heavy atom. The van der Waals surface area contributed by atoms with E-state index < -0.39 is 11.6 Å². The van der Waals surface area contributed by atoms with Gasteiger partial charge >= 0.3 is 5.97 Å². The van der Waals surface area contributed by atoms with Crippen LogP contribution in [0.5, 0.6) is 0 Å². The van der Waals surface area contributed by atoms with E-state index in [1.807, 2.05) is 13.8 Å². The topological polar surface area (TPSA) is 66.8 Å². The Labute approximate surface area is 215 Å². The first kappa shape index (κ1) is 31.5. The maximum Gasteiger partial charge on any atom is 0.306 e. The molecule has 0 fully saturated rings. The zero-order valence-electron chi connectivity index (χ0n) is 24.0. The van der Waals surface area contributed by atoms with Crippen LogP contribution in [0.1, 0.15) is 120 Å². The molecule has 0 saturated heterocycles. The van der Waals surface area contributed by atoms with Crippen LogP contribution in [0.15, 0.2) is 34.6 Å². The van der Waals surface area contributed by atoms with Gasteiger partial charge in [0.1, 0.15) is 18.0 Å². The summed E-state index contributed by atoms with van der Waals surface area (Å²) >= 11 is 0. The van der Waals surface area contributed by atoms with Crippen LogP contribution >= 0.6 is 0 Å². The molecule has 1 rings (SSSR count). The van der Waals surface area contributed by atoms with E-state index in [4.69, 9.17) is 4.74 Å². The molecule has 4 heteroatoms. The van der Waals surface area contributed by atoms with E-state index in [-0.39, 0.29) is 12.3 Å². The van der Waals surface area contributed by atoms with Crippen molar-refractivity contribution in [2.75, 3.05) is 6.61 Å². The van der Waals surface area contributed by atoms with Gasteiger partial charge in [0.25, 0.3) is 0 Å². The molecule has 0 spiro atoms. The summed E-state index contributed by atoms with van der Waals surface area (Å²) in [5, 5.41) is 20.1. The Hall–Kier alpha value is -1.55. The number of hydrogen-bond acceptors (Lipinski definition) is 3. The fraction of sp³-hybridized carbons (Fsp3) is 0.774. The lowest BCUT2D eigenvalue weighted by Gasteiger charge is -2.38. The molecule has 0 amide bonds. The van der Waals surface area contributed by atoms with Gasteiger partial charge in [0.15, 0.2) is 0 Å². The van der Waals surface area contributed by atoms with Crippen LogP contribution in [-0.2, 0) is 9.53 Å². The average molecular weight is 491 g/mol. The van der Waals surface area contributed by atoms with Crippen molar-refractivity contribution in [2.24, 2.45) is 23.7 Å². The van der Waals surface area contributed by atoms with Gasteiger partial charge in [-0.05, 0) is 74.7 Å². The molecule has 0 heterocycles. The molecule has 1 aliphatic rings. The molecular formula is C31H54O4.